The lowest BCUT2D eigenvalue weighted by molar-refractivity contribution is 1.07. The van der Waals surface area contributed by atoms with Gasteiger partial charge in [0.05, 0.1) is 0 Å². The second-order valence-corrected chi connectivity index (χ2v) is 6.35. The van der Waals surface area contributed by atoms with Crippen molar-refractivity contribution in [3.05, 3.63) is 0 Å². The zero-order valence-corrected chi connectivity index (χ0v) is 12.4. The molecule has 0 aliphatic rings. The Morgan fingerprint density at radius 3 is 1.07 bits per heavy atom. The van der Waals surface area contributed by atoms with E-state index in [0.29, 0.717) is 6.29 Å². The quantitative estimate of drug-likeness (QED) is 0.447. The Morgan fingerprint density at radius 1 is 0.929 bits per heavy atom. The van der Waals surface area contributed by atoms with E-state index in [1.165, 1.54) is 7.05 Å². The second-order valence-electron chi connectivity index (χ2n) is 0.711. The van der Waals surface area contributed by atoms with E-state index in [-0.39, 0.29) is 14.1 Å². The molecule has 0 saturated heterocycles. The first-order valence-corrected chi connectivity index (χ1v) is 9.48. The highest BCUT2D eigenvalue weighted by Crippen LogP contribution is 2.10. The largest absolute Gasteiger partial charge is 0.333 e. The number of hydrogen-bond donors (Lipinski definition) is 4. The van der Waals surface area contributed by atoms with Crippen molar-refractivity contribution < 1.29 is 0 Å². The number of hydrogen-bond acceptors (Lipinski definition) is 7. The minimum absolute atomic E-state index is 0. The first-order valence-electron chi connectivity index (χ1n) is 2.87. The van der Waals surface area contributed by atoms with Crippen LogP contribution in [0, 0.1) is 0 Å². The van der Waals surface area contributed by atoms with Crippen LogP contribution in [0.15, 0.2) is 0 Å². The van der Waals surface area contributed by atoms with Gasteiger partial charge in [0.15, 0.2) is 0 Å². The molecule has 8 N–H and O–H groups in total. The normalized spacial score (nSPS) is 6.64. The lowest BCUT2D eigenvalue weighted by Crippen LogP contribution is -2.08. The molecule has 0 aromatic rings. The van der Waals surface area contributed by atoms with E-state index in [1.54, 1.807) is 0 Å². The predicted octanol–water partition coefficient (Wildman–Crippen LogP) is 1.10. The molecule has 0 radical (unpaired) electrons. The van der Waals surface area contributed by atoms with Crippen molar-refractivity contribution in [2.75, 3.05) is 20.0 Å². The molecular formula is C4H19N4P3S3. The summed E-state index contributed by atoms with van der Waals surface area (Å²) in [5.41, 5.74) is 18.7. The van der Waals surface area contributed by atoms with Gasteiger partial charge in [-0.3, -0.25) is 0 Å². The second kappa shape index (κ2) is 63.1. The molecule has 0 atom stereocenters. The lowest BCUT2D eigenvalue weighted by atomic mass is 11.3. The van der Waals surface area contributed by atoms with Crippen LogP contribution in [0.25, 0.3) is 0 Å². The molecule has 0 saturated carbocycles. The highest BCUT2D eigenvalue weighted by molar-refractivity contribution is 8.40. The van der Waals surface area contributed by atoms with Gasteiger partial charge in [-0.15, -0.1) is 0 Å². The van der Waals surface area contributed by atoms with E-state index in [0.717, 1.165) is 21.4 Å². The van der Waals surface area contributed by atoms with Gasteiger partial charge in [-0.05, 0) is 38.0 Å². The topological polar surface area (TPSA) is 104 Å². The molecule has 0 fully saturated rings. The molecule has 88 valence electrons. The molecule has 0 rings (SSSR count). The van der Waals surface area contributed by atoms with Crippen LogP contribution in [0.4, 0.5) is 0 Å². The molecule has 0 spiro atoms. The van der Waals surface area contributed by atoms with Crippen molar-refractivity contribution in [1.29, 1.82) is 0 Å². The fourth-order valence-electron chi connectivity index (χ4n) is 0. The summed E-state index contributed by atoms with van der Waals surface area (Å²) >= 11 is 13.2. The first kappa shape index (κ1) is 29.5. The van der Waals surface area contributed by atoms with Crippen molar-refractivity contribution in [3.63, 3.8) is 0 Å². The summed E-state index contributed by atoms with van der Waals surface area (Å²) in [6.07, 6.45) is 0.606. The summed E-state index contributed by atoms with van der Waals surface area (Å²) in [6.45, 7) is 0.250. The summed E-state index contributed by atoms with van der Waals surface area (Å²) in [5, 5.41) is 0. The Bertz CT molecular complexity index is 91.9. The Labute approximate surface area is 107 Å². The van der Waals surface area contributed by atoms with E-state index in [4.69, 9.17) is 5.73 Å². The van der Waals surface area contributed by atoms with Crippen LogP contribution in [-0.2, 0) is 35.4 Å². The minimum atomic E-state index is 0. The third-order valence-electron chi connectivity index (χ3n) is 0.108. The maximum Gasteiger partial charge on any atom is 0.0464 e. The summed E-state index contributed by atoms with van der Waals surface area (Å²) in [5.74, 6) is 0. The zero-order valence-electron chi connectivity index (χ0n) is 7.29. The van der Waals surface area contributed by atoms with Crippen LogP contribution in [-0.4, -0.2) is 20.0 Å². The van der Waals surface area contributed by atoms with Gasteiger partial charge in [0.25, 0.3) is 0 Å². The molecule has 0 aliphatic heterocycles. The smallest absolute Gasteiger partial charge is 0.0464 e. The monoisotopic (exact) mass is 312 g/mol. The minimum Gasteiger partial charge on any atom is -0.333 e. The highest BCUT2D eigenvalue weighted by atomic mass is 32.7. The van der Waals surface area contributed by atoms with Crippen LogP contribution >= 0.6 is 21.4 Å². The third kappa shape index (κ3) is 178. The van der Waals surface area contributed by atoms with Crippen LogP contribution in [0.2, 0.25) is 0 Å². The molecule has 4 nitrogen and oxygen atoms in total. The SMILES string of the molecule is C.CN.NCN.NCP=S.S=PP=S. The summed E-state index contributed by atoms with van der Waals surface area (Å²) in [7, 11) is 4.10. The molecule has 0 bridgehead atoms. The van der Waals surface area contributed by atoms with Gasteiger partial charge in [0.1, 0.15) is 0 Å². The van der Waals surface area contributed by atoms with Crippen LogP contribution in [0.5, 0.6) is 0 Å². The van der Waals surface area contributed by atoms with Gasteiger partial charge in [0, 0.05) is 27.0 Å². The fourth-order valence-corrected chi connectivity index (χ4v) is 0. The van der Waals surface area contributed by atoms with Crippen molar-refractivity contribution in [3.8, 4) is 0 Å². The van der Waals surface area contributed by atoms with E-state index in [9.17, 15) is 0 Å². The van der Waals surface area contributed by atoms with Crippen molar-refractivity contribution >= 4 is 56.9 Å². The van der Waals surface area contributed by atoms with Crippen LogP contribution < -0.4 is 22.9 Å². The van der Waals surface area contributed by atoms with Gasteiger partial charge < -0.3 is 22.9 Å². The molecule has 0 amide bonds. The van der Waals surface area contributed by atoms with Gasteiger partial charge in [-0.25, -0.2) is 0 Å². The van der Waals surface area contributed by atoms with Crippen LogP contribution in [0.3, 0.4) is 0 Å². The van der Waals surface area contributed by atoms with Gasteiger partial charge in [-0.2, -0.15) is 0 Å². The summed E-state index contributed by atoms with van der Waals surface area (Å²) in [4.78, 5) is 0. The molecule has 0 heterocycles. The zero-order chi connectivity index (χ0) is 11.5. The molecule has 10 heteroatoms. The summed E-state index contributed by atoms with van der Waals surface area (Å²) < 4.78 is 0. The predicted molar refractivity (Wildman–Crippen MR) is 82.0 cm³/mol. The van der Waals surface area contributed by atoms with E-state index >= 15 is 0 Å². The van der Waals surface area contributed by atoms with E-state index in [1.807, 2.05) is 0 Å². The Balaban J connectivity index is -0.0000000260. The van der Waals surface area contributed by atoms with Gasteiger partial charge in [0.2, 0.25) is 0 Å². The molecular weight excluding hydrogens is 293 g/mol. The number of nitrogens with two attached hydrogens (primary N) is 4. The summed E-state index contributed by atoms with van der Waals surface area (Å²) in [6, 6.07) is 0. The van der Waals surface area contributed by atoms with E-state index < -0.39 is 0 Å². The molecule has 0 aromatic carbocycles. The average molecular weight is 312 g/mol. The van der Waals surface area contributed by atoms with E-state index in [2.05, 4.69) is 52.6 Å². The molecule has 0 aromatic heterocycles. The lowest BCUT2D eigenvalue weighted by Gasteiger charge is -1.57. The first-order chi connectivity index (χ1) is 6.24. The maximum absolute atomic E-state index is 4.91. The molecule has 0 unspecified atom stereocenters. The fraction of sp³-hybridized carbons (Fsp3) is 1.00. The van der Waals surface area contributed by atoms with Crippen molar-refractivity contribution in [2.24, 2.45) is 22.9 Å². The Morgan fingerprint density at radius 2 is 1.07 bits per heavy atom. The van der Waals surface area contributed by atoms with Gasteiger partial charge >= 0.3 is 0 Å². The Kier molecular flexibility index (Phi) is 133. The average Bonchev–Trinajstić information content (AvgIpc) is 2.22. The van der Waals surface area contributed by atoms with Crippen molar-refractivity contribution in [1.82, 2.24) is 0 Å². The number of rotatable bonds is 2. The highest BCUT2D eigenvalue weighted by Gasteiger charge is 1.47. The third-order valence-corrected chi connectivity index (χ3v) is 3.37. The van der Waals surface area contributed by atoms with Crippen LogP contribution in [0.1, 0.15) is 7.43 Å². The molecule has 14 heavy (non-hydrogen) atoms. The molecule has 0 aliphatic carbocycles. The van der Waals surface area contributed by atoms with Gasteiger partial charge in [-0.1, -0.05) is 19.2 Å². The standard InChI is InChI=1S/CH6N2.CH4NPS.CH5N.CH4.P2S2/c2-1-3;2-1-3-4;1-2;;3-1-2-4/h1-3H2;1-2H2;2H2,1H3;1H4;. The van der Waals surface area contributed by atoms with Crippen molar-refractivity contribution in [2.45, 2.75) is 7.43 Å². The Hall–Kier alpha value is 1.40. The maximum atomic E-state index is 4.91.